The minimum absolute atomic E-state index is 0.0221. The summed E-state index contributed by atoms with van der Waals surface area (Å²) < 4.78 is 49.1. The van der Waals surface area contributed by atoms with Gasteiger partial charge >= 0.3 is 0 Å². The Kier molecular flexibility index (Phi) is 13.0. The average Bonchev–Trinajstić information content (AvgIpc) is 3.67. The monoisotopic (exact) mass is 858 g/mol. The van der Waals surface area contributed by atoms with Crippen LogP contribution in [0.15, 0.2) is 51.9 Å². The number of phenols is 1. The quantitative estimate of drug-likeness (QED) is 0.0762. The molecule has 0 aliphatic carbocycles. The fourth-order valence-electron chi connectivity index (χ4n) is 7.08. The summed E-state index contributed by atoms with van der Waals surface area (Å²) >= 11 is 0. The Labute approximate surface area is 337 Å². The van der Waals surface area contributed by atoms with Gasteiger partial charge in [-0.2, -0.15) is 0 Å². The van der Waals surface area contributed by atoms with Gasteiger partial charge in [-0.1, -0.05) is 12.1 Å². The van der Waals surface area contributed by atoms with Crippen molar-refractivity contribution in [2.75, 3.05) is 39.6 Å². The molecule has 60 heavy (non-hydrogen) atoms. The normalized spacial score (nSPS) is 39.6. The van der Waals surface area contributed by atoms with Crippen molar-refractivity contribution in [1.82, 2.24) is 0 Å². The maximum atomic E-state index is 13.6. The van der Waals surface area contributed by atoms with Crippen molar-refractivity contribution in [3.05, 3.63) is 52.9 Å². The first-order chi connectivity index (χ1) is 28.5. The van der Waals surface area contributed by atoms with E-state index in [1.54, 1.807) is 0 Å². The molecule has 0 amide bonds. The van der Waals surface area contributed by atoms with Gasteiger partial charge in [-0.15, -0.1) is 0 Å². The second kappa shape index (κ2) is 17.6. The number of hydrogen-bond acceptors (Lipinski definition) is 23. The topological polar surface area (TPSA) is 367 Å². The molecule has 5 heterocycles. The molecule has 0 bridgehead atoms. The first-order valence-electron chi connectivity index (χ1n) is 18.6. The largest absolute Gasteiger partial charge is 0.507 e. The molecule has 23 nitrogen and oxygen atoms in total. The lowest BCUT2D eigenvalue weighted by Crippen LogP contribution is -2.60. The molecule has 2 aromatic carbocycles. The summed E-state index contributed by atoms with van der Waals surface area (Å²) in [5.74, 6) is -0.563. The molecule has 13 N–H and O–H groups in total. The Hall–Kier alpha value is -3.67. The fraction of sp³-hybridized carbons (Fsp3) is 0.595. The molecule has 1 aromatic heterocycles. The maximum absolute atomic E-state index is 13.6. The van der Waals surface area contributed by atoms with Crippen LogP contribution in [0.2, 0.25) is 0 Å². The predicted octanol–water partition coefficient (Wildman–Crippen LogP) is -5.55. The minimum atomic E-state index is -2.13. The van der Waals surface area contributed by atoms with Gasteiger partial charge in [0.05, 0.1) is 45.2 Å². The van der Waals surface area contributed by atoms with Gasteiger partial charge in [0.25, 0.3) is 0 Å². The van der Waals surface area contributed by atoms with E-state index in [0.717, 1.165) is 12.3 Å². The zero-order valence-corrected chi connectivity index (χ0v) is 31.3. The van der Waals surface area contributed by atoms with Crippen molar-refractivity contribution in [2.45, 2.75) is 97.4 Å². The predicted molar refractivity (Wildman–Crippen MR) is 192 cm³/mol. The van der Waals surface area contributed by atoms with Crippen LogP contribution in [0, 0.1) is 0 Å². The van der Waals surface area contributed by atoms with Crippen LogP contribution in [0.3, 0.4) is 0 Å². The molecule has 23 heteroatoms. The first-order valence-corrected chi connectivity index (χ1v) is 18.6. The SMILES string of the molecule is O=c1c(-c2ccc(O[C@@H]3OC[C@](O)(CO[C@@H]4O[C@H](CO)[C@@H](O)[C@H](O)[C@H]4O)[C@@H]3O)cc2)coc2cc(O[C@@H]3OC[C@@](O)(CO[C@H]4O[C@H](CO)[C@H](O)[C@H](O)[C@H]4O)[C@H]3O)cc(O)c12. The van der Waals surface area contributed by atoms with E-state index in [4.69, 9.17) is 42.3 Å². The molecule has 4 saturated heterocycles. The standard InChI is InChI=1S/C37H46O23/c38-7-20-24(42)26(44)28(46)32(59-20)53-10-36(50)12-55-34(30(36)48)57-15-3-1-14(2-4-15)17-9-52-19-6-16(5-18(40)22(19)23(17)41)58-35-31(49)37(51,13-56-35)11-54-33-29(47)27(45)25(43)21(8-39)60-33/h1-6,9,20-21,24-35,38-40,42-51H,7-8,10-13H2/t20-,21-,24-,25+,26+,27+,28-,29-,30-,31+,32-,33+,34+,35+,36-,37+/m1/s1. The number of phenolic OH excluding ortho intramolecular Hbond substituents is 1. The number of aliphatic hydroxyl groups is 12. The number of hydrogen-bond donors (Lipinski definition) is 13. The molecule has 7 rings (SSSR count). The molecule has 3 aromatic rings. The summed E-state index contributed by atoms with van der Waals surface area (Å²) in [5.41, 5.74) is -4.63. The van der Waals surface area contributed by atoms with Gasteiger partial charge in [0, 0.05) is 12.1 Å². The summed E-state index contributed by atoms with van der Waals surface area (Å²) in [4.78, 5) is 13.6. The molecule has 16 atom stereocenters. The van der Waals surface area contributed by atoms with Crippen molar-refractivity contribution in [1.29, 1.82) is 0 Å². The lowest BCUT2D eigenvalue weighted by Gasteiger charge is -2.40. The fourth-order valence-corrected chi connectivity index (χ4v) is 7.08. The maximum Gasteiger partial charge on any atom is 0.229 e. The highest BCUT2D eigenvalue weighted by Crippen LogP contribution is 2.35. The van der Waals surface area contributed by atoms with Crippen molar-refractivity contribution in [2.24, 2.45) is 0 Å². The molecule has 0 saturated carbocycles. The van der Waals surface area contributed by atoms with Crippen molar-refractivity contribution in [3.63, 3.8) is 0 Å². The highest BCUT2D eigenvalue weighted by Gasteiger charge is 2.53. The number of ether oxygens (including phenoxy) is 8. The Balaban J connectivity index is 0.958. The zero-order chi connectivity index (χ0) is 43.3. The second-order valence-corrected chi connectivity index (χ2v) is 15.0. The van der Waals surface area contributed by atoms with Gasteiger partial charge in [0.15, 0.2) is 12.6 Å². The number of aromatic hydroxyl groups is 1. The van der Waals surface area contributed by atoms with Gasteiger partial charge in [-0.3, -0.25) is 4.79 Å². The number of benzene rings is 2. The van der Waals surface area contributed by atoms with Crippen LogP contribution in [0.25, 0.3) is 22.1 Å². The van der Waals surface area contributed by atoms with Crippen LogP contribution in [0.5, 0.6) is 17.2 Å². The van der Waals surface area contributed by atoms with Gasteiger partial charge < -0.3 is 109 Å². The van der Waals surface area contributed by atoms with Crippen LogP contribution in [-0.2, 0) is 28.4 Å². The van der Waals surface area contributed by atoms with Crippen LogP contribution in [-0.4, -0.2) is 203 Å². The highest BCUT2D eigenvalue weighted by molar-refractivity contribution is 5.88. The molecule has 0 radical (unpaired) electrons. The van der Waals surface area contributed by atoms with E-state index in [1.807, 2.05) is 0 Å². The Bertz CT molecular complexity index is 1990. The lowest BCUT2D eigenvalue weighted by molar-refractivity contribution is -0.310. The Morgan fingerprint density at radius 2 is 1.12 bits per heavy atom. The summed E-state index contributed by atoms with van der Waals surface area (Å²) in [5, 5.41) is 133. The van der Waals surface area contributed by atoms with Crippen molar-refractivity contribution >= 4 is 11.0 Å². The van der Waals surface area contributed by atoms with E-state index in [-0.39, 0.29) is 28.0 Å². The van der Waals surface area contributed by atoms with Crippen molar-refractivity contribution in [3.8, 4) is 28.4 Å². The van der Waals surface area contributed by atoms with Gasteiger partial charge in [0.2, 0.25) is 18.0 Å². The summed E-state index contributed by atoms with van der Waals surface area (Å²) in [6, 6.07) is 8.09. The van der Waals surface area contributed by atoms with Crippen LogP contribution >= 0.6 is 0 Å². The molecular weight excluding hydrogens is 812 g/mol. The smallest absolute Gasteiger partial charge is 0.229 e. The molecule has 0 unspecified atom stereocenters. The van der Waals surface area contributed by atoms with E-state index in [9.17, 15) is 71.2 Å². The van der Waals surface area contributed by atoms with E-state index in [2.05, 4.69) is 0 Å². The van der Waals surface area contributed by atoms with E-state index >= 15 is 0 Å². The number of aliphatic hydroxyl groups excluding tert-OH is 10. The van der Waals surface area contributed by atoms with E-state index in [1.165, 1.54) is 30.3 Å². The van der Waals surface area contributed by atoms with Crippen LogP contribution < -0.4 is 14.9 Å². The van der Waals surface area contributed by atoms with E-state index in [0.29, 0.717) is 5.56 Å². The highest BCUT2D eigenvalue weighted by atomic mass is 16.7. The zero-order valence-electron chi connectivity index (χ0n) is 31.3. The van der Waals surface area contributed by atoms with Crippen molar-refractivity contribution < 1.29 is 109 Å². The molecular formula is C37H46O23. The van der Waals surface area contributed by atoms with Gasteiger partial charge in [-0.05, 0) is 17.7 Å². The number of fused-ring (bicyclic) bond motifs is 1. The summed E-state index contributed by atoms with van der Waals surface area (Å²) in [6.07, 6.45) is -21.2. The molecule has 4 fully saturated rings. The van der Waals surface area contributed by atoms with Crippen LogP contribution in [0.4, 0.5) is 0 Å². The molecule has 4 aliphatic rings. The Morgan fingerprint density at radius 3 is 1.60 bits per heavy atom. The summed E-state index contributed by atoms with van der Waals surface area (Å²) in [7, 11) is 0. The molecule has 4 aliphatic heterocycles. The number of rotatable bonds is 13. The third-order valence-electron chi connectivity index (χ3n) is 10.8. The molecule has 332 valence electrons. The van der Waals surface area contributed by atoms with Gasteiger partial charge in [0.1, 0.15) is 107 Å². The third-order valence-corrected chi connectivity index (χ3v) is 10.8. The Morgan fingerprint density at radius 1 is 0.633 bits per heavy atom. The molecule has 0 spiro atoms. The average molecular weight is 859 g/mol. The third kappa shape index (κ3) is 8.44. The van der Waals surface area contributed by atoms with Crippen LogP contribution in [0.1, 0.15) is 0 Å². The van der Waals surface area contributed by atoms with E-state index < -0.39 is 148 Å². The second-order valence-electron chi connectivity index (χ2n) is 15.0. The lowest BCUT2D eigenvalue weighted by atomic mass is 9.98. The first kappa shape index (κ1) is 44.4. The summed E-state index contributed by atoms with van der Waals surface area (Å²) in [6.45, 7) is -3.81. The van der Waals surface area contributed by atoms with Gasteiger partial charge in [-0.25, -0.2) is 0 Å². The minimum Gasteiger partial charge on any atom is -0.507 e.